The van der Waals surface area contributed by atoms with E-state index >= 15 is 0 Å². The molecule has 44 heavy (non-hydrogen) atoms. The lowest BCUT2D eigenvalue weighted by molar-refractivity contribution is -0.138. The molecule has 4 heterocycles. The molecule has 0 spiro atoms. The number of ether oxygens (including phenoxy) is 1. The van der Waals surface area contributed by atoms with Crippen LogP contribution in [0.3, 0.4) is 0 Å². The van der Waals surface area contributed by atoms with Gasteiger partial charge in [-0.25, -0.2) is 0 Å². The van der Waals surface area contributed by atoms with Crippen molar-refractivity contribution in [1.29, 1.82) is 5.26 Å². The van der Waals surface area contributed by atoms with Crippen molar-refractivity contribution < 1.29 is 22.7 Å². The molecule has 4 aliphatic rings. The fourth-order valence-corrected chi connectivity index (χ4v) is 7.58. The van der Waals surface area contributed by atoms with Gasteiger partial charge >= 0.3 is 6.18 Å². The Kier molecular flexibility index (Phi) is 6.93. The van der Waals surface area contributed by atoms with Gasteiger partial charge < -0.3 is 19.1 Å². The van der Waals surface area contributed by atoms with Gasteiger partial charge in [-0.15, -0.1) is 10.2 Å². The molecule has 230 valence electrons. The van der Waals surface area contributed by atoms with Gasteiger partial charge in [-0.1, -0.05) is 19.1 Å². The van der Waals surface area contributed by atoms with Crippen LogP contribution in [0.15, 0.2) is 42.7 Å². The summed E-state index contributed by atoms with van der Waals surface area (Å²) in [5.74, 6) is 0.914. The summed E-state index contributed by atoms with van der Waals surface area (Å²) in [6.07, 6.45) is 1.76. The lowest BCUT2D eigenvalue weighted by Crippen LogP contribution is -2.52. The van der Waals surface area contributed by atoms with Crippen molar-refractivity contribution in [2.75, 3.05) is 31.1 Å². The SMILES string of the molecule is CC1CC(c2cccc(N3Cc4c(cc(CN5CC(O[C@@H]6CCN(C#N)C6)C5)cc4C(F)(F)F)C3=O)c2)(c2nncn2C)C1. The minimum absolute atomic E-state index is 0.00343. The minimum Gasteiger partial charge on any atom is -0.370 e. The number of carbonyl (C=O) groups excluding carboxylic acids is 1. The van der Waals surface area contributed by atoms with Crippen LogP contribution in [0.1, 0.15) is 64.6 Å². The number of hydrogen-bond acceptors (Lipinski definition) is 7. The number of anilines is 1. The van der Waals surface area contributed by atoms with E-state index in [2.05, 4.69) is 23.3 Å². The molecule has 7 rings (SSSR count). The maximum absolute atomic E-state index is 14.4. The van der Waals surface area contributed by atoms with Gasteiger partial charge in [0.2, 0.25) is 0 Å². The molecule has 2 saturated heterocycles. The zero-order valence-corrected chi connectivity index (χ0v) is 24.7. The lowest BCUT2D eigenvalue weighted by Gasteiger charge is -2.46. The minimum atomic E-state index is -4.59. The van der Waals surface area contributed by atoms with Crippen molar-refractivity contribution in [3.05, 3.63) is 76.4 Å². The Hall–Kier alpha value is -3.95. The summed E-state index contributed by atoms with van der Waals surface area (Å²) in [5.41, 5.74) is 1.03. The third-order valence-electron chi connectivity index (χ3n) is 9.65. The third kappa shape index (κ3) is 4.92. The number of nitrogens with zero attached hydrogens (tertiary/aromatic N) is 7. The van der Waals surface area contributed by atoms with Crippen molar-refractivity contribution in [3.63, 3.8) is 0 Å². The summed E-state index contributed by atoms with van der Waals surface area (Å²) in [5, 5.41) is 17.5. The molecule has 3 fully saturated rings. The summed E-state index contributed by atoms with van der Waals surface area (Å²) in [6.45, 7) is 4.80. The highest BCUT2D eigenvalue weighted by Crippen LogP contribution is 2.52. The average Bonchev–Trinajstić information content (AvgIpc) is 3.68. The van der Waals surface area contributed by atoms with Crippen LogP contribution in [0.2, 0.25) is 0 Å². The first-order valence-electron chi connectivity index (χ1n) is 15.1. The molecule has 0 bridgehead atoms. The number of hydrogen-bond donors (Lipinski definition) is 0. The normalized spacial score (nSPS) is 25.6. The number of rotatable bonds is 7. The van der Waals surface area contributed by atoms with Crippen LogP contribution < -0.4 is 4.90 Å². The molecule has 3 aromatic rings. The summed E-state index contributed by atoms with van der Waals surface area (Å²) in [4.78, 5) is 18.9. The molecule has 1 atom stereocenters. The van der Waals surface area contributed by atoms with E-state index in [1.165, 1.54) is 11.0 Å². The first-order valence-corrected chi connectivity index (χ1v) is 15.1. The van der Waals surface area contributed by atoms with E-state index in [0.29, 0.717) is 49.9 Å². The number of halogens is 3. The van der Waals surface area contributed by atoms with Gasteiger partial charge in [0.25, 0.3) is 5.91 Å². The van der Waals surface area contributed by atoms with E-state index in [1.807, 2.05) is 34.7 Å². The molecule has 1 aliphatic carbocycles. The van der Waals surface area contributed by atoms with Crippen LogP contribution in [0, 0.1) is 17.4 Å². The van der Waals surface area contributed by atoms with E-state index in [-0.39, 0.29) is 35.3 Å². The number of likely N-dealkylation sites (tertiary alicyclic amines) is 2. The number of fused-ring (bicyclic) bond motifs is 1. The molecule has 3 aliphatic heterocycles. The molecule has 0 unspecified atom stereocenters. The summed E-state index contributed by atoms with van der Waals surface area (Å²) >= 11 is 0. The smallest absolute Gasteiger partial charge is 0.370 e. The quantitative estimate of drug-likeness (QED) is 0.367. The number of aryl methyl sites for hydroxylation is 1. The van der Waals surface area contributed by atoms with Crippen molar-refractivity contribution in [2.45, 2.75) is 63.1 Å². The molecular weight excluding hydrogens is 571 g/mol. The van der Waals surface area contributed by atoms with Crippen molar-refractivity contribution in [2.24, 2.45) is 13.0 Å². The molecule has 12 heteroatoms. The number of carbonyl (C=O) groups is 1. The largest absolute Gasteiger partial charge is 0.416 e. The van der Waals surface area contributed by atoms with Gasteiger partial charge in [0.05, 0.1) is 36.3 Å². The number of benzene rings is 2. The third-order valence-corrected chi connectivity index (χ3v) is 9.65. The van der Waals surface area contributed by atoms with Crippen molar-refractivity contribution in [1.82, 2.24) is 24.6 Å². The Bertz CT molecular complexity index is 1640. The number of nitriles is 1. The Labute approximate surface area is 253 Å². The summed E-state index contributed by atoms with van der Waals surface area (Å²) < 4.78 is 51.1. The van der Waals surface area contributed by atoms with E-state index in [4.69, 9.17) is 10.00 Å². The number of aromatic nitrogens is 3. The van der Waals surface area contributed by atoms with Crippen molar-refractivity contribution >= 4 is 11.6 Å². The van der Waals surface area contributed by atoms with Crippen LogP contribution in [0.5, 0.6) is 0 Å². The van der Waals surface area contributed by atoms with Gasteiger partial charge in [0.1, 0.15) is 12.2 Å². The second-order valence-corrected chi connectivity index (χ2v) is 12.9. The highest BCUT2D eigenvalue weighted by Gasteiger charge is 2.48. The first kappa shape index (κ1) is 28.8. The molecule has 1 amide bonds. The maximum Gasteiger partial charge on any atom is 0.416 e. The highest BCUT2D eigenvalue weighted by atomic mass is 19.4. The molecule has 2 aromatic carbocycles. The van der Waals surface area contributed by atoms with Crippen LogP contribution in [-0.4, -0.2) is 68.9 Å². The predicted octanol–water partition coefficient (Wildman–Crippen LogP) is 4.47. The maximum atomic E-state index is 14.4. The molecule has 1 saturated carbocycles. The molecular formula is C32H34F3N7O2. The van der Waals surface area contributed by atoms with Crippen LogP contribution >= 0.6 is 0 Å². The Morgan fingerprint density at radius 2 is 1.93 bits per heavy atom. The van der Waals surface area contributed by atoms with Gasteiger partial charge in [-0.05, 0) is 66.1 Å². The first-order chi connectivity index (χ1) is 21.0. The van der Waals surface area contributed by atoms with Crippen LogP contribution in [-0.2, 0) is 36.5 Å². The highest BCUT2D eigenvalue weighted by molar-refractivity contribution is 6.10. The van der Waals surface area contributed by atoms with E-state index < -0.39 is 17.6 Å². The Morgan fingerprint density at radius 3 is 2.59 bits per heavy atom. The Morgan fingerprint density at radius 1 is 1.14 bits per heavy atom. The van der Waals surface area contributed by atoms with E-state index in [0.717, 1.165) is 30.7 Å². The Balaban J connectivity index is 1.11. The number of alkyl halides is 3. The topological polar surface area (TPSA) is 90.5 Å². The predicted molar refractivity (Wildman–Crippen MR) is 154 cm³/mol. The van der Waals surface area contributed by atoms with Crippen LogP contribution in [0.4, 0.5) is 18.9 Å². The summed E-state index contributed by atoms with van der Waals surface area (Å²) in [6, 6.07) is 10.4. The standard InChI is InChI=1S/C32H34F3N7O2/c1-20-11-31(12-20,30-38-37-19-39(30)2)22-4-3-5-23(10-22)42-17-27-26(29(42)43)8-21(9-28(27)32(33,34)35)13-41-15-25(16-41)44-24-6-7-40(14-24)18-36/h3-5,8-10,19-20,24-25H,6-7,11-17H2,1-2H3/t20?,24-,31?/m1/s1. The van der Waals surface area contributed by atoms with Crippen LogP contribution in [0.25, 0.3) is 0 Å². The van der Waals surface area contributed by atoms with Crippen molar-refractivity contribution in [3.8, 4) is 6.19 Å². The fourth-order valence-electron chi connectivity index (χ4n) is 7.58. The lowest BCUT2D eigenvalue weighted by atomic mass is 9.58. The summed E-state index contributed by atoms with van der Waals surface area (Å²) in [7, 11) is 1.91. The number of amides is 1. The fraction of sp³-hybridized carbons (Fsp3) is 0.500. The van der Waals surface area contributed by atoms with E-state index in [1.54, 1.807) is 23.4 Å². The molecule has 1 aromatic heterocycles. The zero-order valence-electron chi connectivity index (χ0n) is 24.7. The van der Waals surface area contributed by atoms with Gasteiger partial charge in [0, 0.05) is 44.5 Å². The van der Waals surface area contributed by atoms with Gasteiger partial charge in [-0.3, -0.25) is 9.69 Å². The average molecular weight is 606 g/mol. The zero-order chi connectivity index (χ0) is 30.8. The molecule has 9 nitrogen and oxygen atoms in total. The van der Waals surface area contributed by atoms with Gasteiger partial charge in [-0.2, -0.15) is 18.4 Å². The second-order valence-electron chi connectivity index (χ2n) is 12.9. The van der Waals surface area contributed by atoms with E-state index in [9.17, 15) is 18.0 Å². The van der Waals surface area contributed by atoms with Gasteiger partial charge in [0.15, 0.2) is 6.19 Å². The monoisotopic (exact) mass is 605 g/mol. The molecule has 0 N–H and O–H groups in total. The molecule has 0 radical (unpaired) electrons. The second kappa shape index (κ2) is 10.6.